The van der Waals surface area contributed by atoms with Crippen molar-refractivity contribution in [3.63, 3.8) is 0 Å². The number of aromatic nitrogens is 6. The molecule has 2 amide bonds. The average molecular weight is 1140 g/mol. The first kappa shape index (κ1) is 60.6. The lowest BCUT2D eigenvalue weighted by Crippen LogP contribution is -2.40. The number of hydrogen-bond acceptors (Lipinski definition) is 18. The molecule has 29 heteroatoms. The average Bonchev–Trinajstić information content (AvgIpc) is 3.43. The predicted octanol–water partition coefficient (Wildman–Crippen LogP) is 6.51. The molecule has 24 nitrogen and oxygen atoms in total. The Labute approximate surface area is 451 Å². The van der Waals surface area contributed by atoms with Crippen LogP contribution in [-0.4, -0.2) is 105 Å². The second kappa shape index (κ2) is 27.1. The largest absolute Gasteiger partial charge is 0.489 e. The standard InChI is InChI=1S/C25H25F3N2O6.C14H16N6O6S.C11H8ClNO3/c1-5-16-6-7-17(20(12-16)36-15(2)23(32)34-4)14-35-19-10-8-18(9-11-19)30-22(31)13-21(25(26,27)28)29(3)24(30)33;1-3-26-14-18-11(15-2)16-12(19-14)17-13(23)20-27(24,25)9-7-5-4-6-8(9)10(21)22;12-8-3-4-9(16-6-10(14)15)11-7(8)2-1-5-13-11/h6-13,15H,5,14H2,1-4H3;4-7H,3H2,1-2H3,(H,21,22)(H3,15,16,17,18,19,20,23);1-5H,6H2,(H,14,15). The number of halogens is 4. The number of benzene rings is 4. The molecule has 0 aliphatic heterocycles. The molecule has 0 fully saturated rings. The second-order valence-electron chi connectivity index (χ2n) is 15.8. The maximum atomic E-state index is 13.1. The number of amides is 2. The predicted molar refractivity (Wildman–Crippen MR) is 278 cm³/mol. The van der Waals surface area contributed by atoms with Crippen molar-refractivity contribution < 1.29 is 74.7 Å². The number of fused-ring (bicyclic) bond motifs is 1. The number of esters is 1. The Morgan fingerprint density at radius 1 is 0.848 bits per heavy atom. The third kappa shape index (κ3) is 16.4. The van der Waals surface area contributed by atoms with E-state index in [0.29, 0.717) is 48.6 Å². The van der Waals surface area contributed by atoms with Gasteiger partial charge >= 0.3 is 41.8 Å². The van der Waals surface area contributed by atoms with Crippen LogP contribution in [0.4, 0.5) is 29.9 Å². The SMILES string of the molecule is CCOc1nc(NC)nc(NC(=O)NS(=O)(=O)c2ccccc2C(=O)O)n1.CCc1ccc(COc2ccc(-n3c(=O)cc(C(F)(F)F)n(C)c3=O)cc2)c(OC(C)C(=O)OC)c1.O=C(O)COc1ccc(Cl)c2cccnc12. The van der Waals surface area contributed by atoms with Gasteiger partial charge in [0.1, 0.15) is 40.0 Å². The number of aliphatic carboxylic acids is 1. The molecular weight excluding hydrogens is 1090 g/mol. The summed E-state index contributed by atoms with van der Waals surface area (Å²) in [4.78, 5) is 85.2. The third-order valence-corrected chi connectivity index (χ3v) is 12.2. The van der Waals surface area contributed by atoms with Crippen molar-refractivity contribution in [2.75, 3.05) is 38.0 Å². The Bertz CT molecular complexity index is 3590. The number of aryl methyl sites for hydroxylation is 1. The van der Waals surface area contributed by atoms with Gasteiger partial charge in [0.05, 0.1) is 30.0 Å². The Kier molecular flexibility index (Phi) is 20.8. The topological polar surface area (TPSA) is 321 Å². The van der Waals surface area contributed by atoms with Gasteiger partial charge in [-0.1, -0.05) is 42.8 Å². The number of carbonyl (C=O) groups is 4. The third-order valence-electron chi connectivity index (χ3n) is 10.5. The fourth-order valence-electron chi connectivity index (χ4n) is 6.71. The summed E-state index contributed by atoms with van der Waals surface area (Å²) in [5.74, 6) is -1.93. The highest BCUT2D eigenvalue weighted by Crippen LogP contribution is 2.30. The summed E-state index contributed by atoms with van der Waals surface area (Å²) in [5.41, 5.74) is -1.71. The number of pyridine rings is 1. The molecule has 7 rings (SSSR count). The van der Waals surface area contributed by atoms with E-state index in [1.165, 1.54) is 50.6 Å². The lowest BCUT2D eigenvalue weighted by molar-refractivity contribution is -0.148. The van der Waals surface area contributed by atoms with Crippen LogP contribution in [0, 0.1) is 0 Å². The van der Waals surface area contributed by atoms with E-state index < -0.39 is 80.3 Å². The minimum Gasteiger partial charge on any atom is -0.489 e. The minimum atomic E-state index is -4.84. The van der Waals surface area contributed by atoms with Crippen molar-refractivity contribution >= 4 is 68.4 Å². The van der Waals surface area contributed by atoms with Gasteiger partial charge in [-0.05, 0) is 92.6 Å². The van der Waals surface area contributed by atoms with Crippen molar-refractivity contribution in [2.24, 2.45) is 7.05 Å². The fourth-order valence-corrected chi connectivity index (χ4v) is 8.03. The molecule has 7 aromatic rings. The fraction of sp³-hybridized carbons (Fsp3) is 0.240. The van der Waals surface area contributed by atoms with Crippen LogP contribution in [-0.2, 0) is 50.6 Å². The lowest BCUT2D eigenvalue weighted by atomic mass is 10.1. The van der Waals surface area contributed by atoms with Crippen LogP contribution < -0.4 is 45.6 Å². The Morgan fingerprint density at radius 2 is 1.54 bits per heavy atom. The highest BCUT2D eigenvalue weighted by molar-refractivity contribution is 7.90. The number of ether oxygens (including phenoxy) is 5. The number of nitrogens with zero attached hydrogens (tertiary/aromatic N) is 6. The lowest BCUT2D eigenvalue weighted by Gasteiger charge is -2.17. The number of rotatable bonds is 18. The van der Waals surface area contributed by atoms with Gasteiger partial charge in [-0.15, -0.1) is 0 Å². The van der Waals surface area contributed by atoms with Crippen LogP contribution in [0.1, 0.15) is 48.0 Å². The molecule has 0 aliphatic rings. The number of methoxy groups -OCH3 is 1. The van der Waals surface area contributed by atoms with Crippen molar-refractivity contribution in [3.05, 3.63) is 152 Å². The highest BCUT2D eigenvalue weighted by Gasteiger charge is 2.35. The number of hydrogen-bond donors (Lipinski definition) is 5. The van der Waals surface area contributed by atoms with Gasteiger partial charge < -0.3 is 39.2 Å². The van der Waals surface area contributed by atoms with E-state index in [0.717, 1.165) is 36.6 Å². The Hall–Kier alpha value is -9.31. The number of anilines is 2. The molecule has 3 heterocycles. The normalized spacial score (nSPS) is 11.3. The van der Waals surface area contributed by atoms with E-state index in [2.05, 4.69) is 30.6 Å². The molecule has 0 radical (unpaired) electrons. The quantitative estimate of drug-likeness (QED) is 0.0572. The van der Waals surface area contributed by atoms with Crippen molar-refractivity contribution in [1.82, 2.24) is 33.8 Å². The zero-order valence-corrected chi connectivity index (χ0v) is 44.1. The molecule has 0 saturated heterocycles. The number of nitrogens with one attached hydrogen (secondary N) is 3. The molecule has 0 bridgehead atoms. The molecule has 0 spiro atoms. The van der Waals surface area contributed by atoms with Crippen LogP contribution in [0.3, 0.4) is 0 Å². The Balaban J connectivity index is 0.000000234. The first-order valence-electron chi connectivity index (χ1n) is 23.0. The molecule has 79 heavy (non-hydrogen) atoms. The van der Waals surface area contributed by atoms with E-state index in [4.69, 9.17) is 45.5 Å². The zero-order chi connectivity index (χ0) is 58.2. The van der Waals surface area contributed by atoms with E-state index >= 15 is 0 Å². The second-order valence-corrected chi connectivity index (χ2v) is 17.9. The van der Waals surface area contributed by atoms with Crippen LogP contribution in [0.2, 0.25) is 5.02 Å². The number of carboxylic acid groups (broad SMARTS) is 2. The summed E-state index contributed by atoms with van der Waals surface area (Å²) >= 11 is 5.98. The number of sulfonamides is 1. The summed E-state index contributed by atoms with van der Waals surface area (Å²) in [6.07, 6.45) is -3.30. The molecule has 1 atom stereocenters. The highest BCUT2D eigenvalue weighted by atomic mass is 35.5. The number of carbonyl (C=O) groups excluding carboxylic acids is 2. The Morgan fingerprint density at radius 3 is 2.18 bits per heavy atom. The summed E-state index contributed by atoms with van der Waals surface area (Å²) in [6, 6.07) is 22.1. The summed E-state index contributed by atoms with van der Waals surface area (Å²) in [6.45, 7) is 5.20. The van der Waals surface area contributed by atoms with Crippen molar-refractivity contribution in [1.29, 1.82) is 0 Å². The van der Waals surface area contributed by atoms with Gasteiger partial charge in [0.2, 0.25) is 11.9 Å². The molecule has 3 aromatic heterocycles. The van der Waals surface area contributed by atoms with Crippen LogP contribution in [0.25, 0.3) is 16.6 Å². The monoisotopic (exact) mass is 1140 g/mol. The summed E-state index contributed by atoms with van der Waals surface area (Å²) in [5, 5.41) is 23.7. The van der Waals surface area contributed by atoms with Gasteiger partial charge in [0.25, 0.3) is 15.6 Å². The summed E-state index contributed by atoms with van der Waals surface area (Å²) < 4.78 is 93.1. The molecule has 0 aliphatic carbocycles. The number of carboxylic acids is 2. The molecule has 1 unspecified atom stereocenters. The molecular formula is C50H49ClF3N9O15S. The zero-order valence-electron chi connectivity index (χ0n) is 42.5. The number of alkyl halides is 3. The van der Waals surface area contributed by atoms with Gasteiger partial charge in [-0.2, -0.15) is 28.1 Å². The number of urea groups is 1. The smallest absolute Gasteiger partial charge is 0.431 e. The molecule has 0 saturated carbocycles. The van der Waals surface area contributed by atoms with E-state index in [1.54, 1.807) is 49.0 Å². The van der Waals surface area contributed by atoms with Crippen LogP contribution in [0.15, 0.2) is 118 Å². The first-order valence-corrected chi connectivity index (χ1v) is 24.9. The maximum Gasteiger partial charge on any atom is 0.431 e. The summed E-state index contributed by atoms with van der Waals surface area (Å²) in [7, 11) is -0.704. The molecule has 418 valence electrons. The van der Waals surface area contributed by atoms with E-state index in [1.807, 2.05) is 25.1 Å². The van der Waals surface area contributed by atoms with Gasteiger partial charge in [0, 0.05) is 37.3 Å². The molecule has 5 N–H and O–H groups in total. The van der Waals surface area contributed by atoms with Crippen molar-refractivity contribution in [3.8, 4) is 28.9 Å². The molecule has 4 aromatic carbocycles. The van der Waals surface area contributed by atoms with Gasteiger partial charge in [0.15, 0.2) is 12.7 Å². The maximum absolute atomic E-state index is 13.1. The van der Waals surface area contributed by atoms with Crippen LogP contribution in [0.5, 0.6) is 23.3 Å². The van der Waals surface area contributed by atoms with Gasteiger partial charge in [-0.25, -0.2) is 41.7 Å². The van der Waals surface area contributed by atoms with Gasteiger partial charge in [-0.3, -0.25) is 19.7 Å². The number of aromatic carboxylic acids is 1. The first-order chi connectivity index (χ1) is 37.4. The van der Waals surface area contributed by atoms with E-state index in [-0.39, 0.29) is 36.8 Å². The minimum absolute atomic E-state index is 0.0776. The van der Waals surface area contributed by atoms with Crippen molar-refractivity contribution in [2.45, 2.75) is 51.0 Å². The van der Waals surface area contributed by atoms with Crippen LogP contribution >= 0.6 is 11.6 Å². The van der Waals surface area contributed by atoms with E-state index in [9.17, 15) is 50.4 Å².